The number of urea groups is 1. The maximum Gasteiger partial charge on any atom is 0.344 e. The molecule has 4 amide bonds. The molecule has 2 saturated heterocycles. The highest BCUT2D eigenvalue weighted by Gasteiger charge is 2.52. The second kappa shape index (κ2) is 8.32. The van der Waals surface area contributed by atoms with Gasteiger partial charge in [0, 0.05) is 51.5 Å². The fourth-order valence-corrected chi connectivity index (χ4v) is 4.28. The molecule has 0 bridgehead atoms. The number of hydrogen-bond donors (Lipinski definition) is 2. The van der Waals surface area contributed by atoms with Crippen molar-refractivity contribution in [1.29, 1.82) is 0 Å². The van der Waals surface area contributed by atoms with Crippen LogP contribution in [0.25, 0.3) is 0 Å². The number of carbonyl (C=O) groups is 3. The molecule has 2 N–H and O–H groups in total. The number of imide groups is 1. The Bertz CT molecular complexity index is 758. The number of hydrogen-bond acceptors (Lipinski definition) is 7. The minimum Gasteiger partial charge on any atom is -0.338 e. The minimum absolute atomic E-state index is 0.228. The monoisotopic (exact) mass is 401 g/mol. The van der Waals surface area contributed by atoms with Crippen LogP contribution in [0.4, 0.5) is 10.7 Å². The number of rotatable bonds is 5. The van der Waals surface area contributed by atoms with Crippen molar-refractivity contribution in [1.82, 2.24) is 30.6 Å². The summed E-state index contributed by atoms with van der Waals surface area (Å²) < 4.78 is 0. The highest BCUT2D eigenvalue weighted by molar-refractivity contribution is 6.08. The van der Waals surface area contributed by atoms with Crippen molar-refractivity contribution >= 4 is 23.8 Å². The topological polar surface area (TPSA) is 111 Å². The predicted octanol–water partition coefficient (Wildman–Crippen LogP) is 0.275. The number of piperazine rings is 1. The number of hydrazine groups is 1. The molecule has 10 heteroatoms. The van der Waals surface area contributed by atoms with E-state index in [0.717, 1.165) is 56.4 Å². The molecule has 0 radical (unpaired) electrons. The van der Waals surface area contributed by atoms with Crippen LogP contribution >= 0.6 is 0 Å². The van der Waals surface area contributed by atoms with E-state index in [2.05, 4.69) is 30.5 Å². The van der Waals surface area contributed by atoms with Gasteiger partial charge in [-0.05, 0) is 18.9 Å². The molecule has 1 spiro atoms. The molecule has 1 aromatic heterocycles. The normalized spacial score (nSPS) is 22.1. The molecule has 1 aliphatic carbocycles. The number of carbonyl (C=O) groups excluding carboxylic acids is 3. The van der Waals surface area contributed by atoms with Crippen LogP contribution < -0.4 is 15.6 Å². The fraction of sp³-hybridized carbons (Fsp3) is 0.632. The molecule has 4 rings (SSSR count). The standard InChI is InChI=1S/C19H27N7O3/c27-15(23-26-16(28)19(22-18(26)29)6-2-1-3-7-19)5-10-24-11-13-25(14-12-24)17-20-8-4-9-21-17/h4,8-9H,1-3,5-7,10-14H2,(H,22,29)(H,23,27). The lowest BCUT2D eigenvalue weighted by Crippen LogP contribution is -2.51. The van der Waals surface area contributed by atoms with E-state index in [1.165, 1.54) is 0 Å². The van der Waals surface area contributed by atoms with Crippen molar-refractivity contribution in [2.45, 2.75) is 44.1 Å². The predicted molar refractivity (Wildman–Crippen MR) is 105 cm³/mol. The fourth-order valence-electron chi connectivity index (χ4n) is 4.28. The van der Waals surface area contributed by atoms with E-state index in [-0.39, 0.29) is 18.2 Å². The first kappa shape index (κ1) is 19.6. The molecule has 29 heavy (non-hydrogen) atoms. The van der Waals surface area contributed by atoms with Gasteiger partial charge in [0.1, 0.15) is 5.54 Å². The Labute approximate surface area is 169 Å². The Morgan fingerprint density at radius 3 is 2.45 bits per heavy atom. The minimum atomic E-state index is -0.821. The van der Waals surface area contributed by atoms with Crippen molar-refractivity contribution in [3.8, 4) is 0 Å². The Morgan fingerprint density at radius 1 is 1.07 bits per heavy atom. The van der Waals surface area contributed by atoms with Crippen LogP contribution in [-0.2, 0) is 9.59 Å². The summed E-state index contributed by atoms with van der Waals surface area (Å²) in [6.07, 6.45) is 7.85. The zero-order valence-corrected chi connectivity index (χ0v) is 16.5. The van der Waals surface area contributed by atoms with Gasteiger partial charge in [0.15, 0.2) is 0 Å². The second-order valence-corrected chi connectivity index (χ2v) is 7.88. The SMILES string of the molecule is O=C(CCN1CCN(c2ncccn2)CC1)NN1C(=O)NC2(CCCCC2)C1=O. The van der Waals surface area contributed by atoms with Gasteiger partial charge in [0.25, 0.3) is 5.91 Å². The van der Waals surface area contributed by atoms with E-state index in [4.69, 9.17) is 0 Å². The number of anilines is 1. The highest BCUT2D eigenvalue weighted by Crippen LogP contribution is 2.32. The van der Waals surface area contributed by atoms with E-state index >= 15 is 0 Å². The molecule has 0 unspecified atom stereocenters. The van der Waals surface area contributed by atoms with E-state index in [1.54, 1.807) is 18.5 Å². The van der Waals surface area contributed by atoms with Crippen LogP contribution in [0.15, 0.2) is 18.5 Å². The Hall–Kier alpha value is -2.75. The Morgan fingerprint density at radius 2 is 1.76 bits per heavy atom. The van der Waals surface area contributed by atoms with Crippen LogP contribution in [0, 0.1) is 0 Å². The summed E-state index contributed by atoms with van der Waals surface area (Å²) in [5.74, 6) is 0.0716. The first-order chi connectivity index (χ1) is 14.1. The molecule has 3 aliphatic rings. The zero-order valence-electron chi connectivity index (χ0n) is 16.5. The van der Waals surface area contributed by atoms with Crippen LogP contribution in [-0.4, -0.2) is 76.0 Å². The lowest BCUT2D eigenvalue weighted by Gasteiger charge is -2.34. The molecule has 3 fully saturated rings. The summed E-state index contributed by atoms with van der Waals surface area (Å²) >= 11 is 0. The third-order valence-corrected chi connectivity index (χ3v) is 5.97. The average molecular weight is 401 g/mol. The van der Waals surface area contributed by atoms with Crippen molar-refractivity contribution in [3.05, 3.63) is 18.5 Å². The zero-order chi connectivity index (χ0) is 20.3. The van der Waals surface area contributed by atoms with Crippen LogP contribution in [0.3, 0.4) is 0 Å². The van der Waals surface area contributed by atoms with Crippen LogP contribution in [0.2, 0.25) is 0 Å². The summed E-state index contributed by atoms with van der Waals surface area (Å²) in [6.45, 7) is 3.77. The molecule has 1 saturated carbocycles. The molecular weight excluding hydrogens is 374 g/mol. The van der Waals surface area contributed by atoms with Gasteiger partial charge in [-0.2, -0.15) is 5.01 Å². The van der Waals surface area contributed by atoms with Crippen molar-refractivity contribution in [3.63, 3.8) is 0 Å². The van der Waals surface area contributed by atoms with Crippen molar-refractivity contribution in [2.75, 3.05) is 37.6 Å². The van der Waals surface area contributed by atoms with Gasteiger partial charge in [-0.1, -0.05) is 19.3 Å². The van der Waals surface area contributed by atoms with Crippen molar-refractivity contribution < 1.29 is 14.4 Å². The quantitative estimate of drug-likeness (QED) is 0.682. The molecule has 10 nitrogen and oxygen atoms in total. The summed E-state index contributed by atoms with van der Waals surface area (Å²) in [5.41, 5.74) is 1.68. The lowest BCUT2D eigenvalue weighted by molar-refractivity contribution is -0.140. The molecule has 3 heterocycles. The van der Waals surface area contributed by atoms with Crippen LogP contribution in [0.1, 0.15) is 38.5 Å². The lowest BCUT2D eigenvalue weighted by atomic mass is 9.82. The number of aromatic nitrogens is 2. The maximum atomic E-state index is 12.7. The third-order valence-electron chi connectivity index (χ3n) is 5.97. The van der Waals surface area contributed by atoms with Gasteiger partial charge in [-0.3, -0.25) is 19.9 Å². The van der Waals surface area contributed by atoms with Crippen LogP contribution in [0.5, 0.6) is 0 Å². The first-order valence-corrected chi connectivity index (χ1v) is 10.3. The molecule has 0 atom stereocenters. The molecule has 2 aliphatic heterocycles. The number of amides is 4. The summed E-state index contributed by atoms with van der Waals surface area (Å²) in [6, 6.07) is 1.27. The van der Waals surface area contributed by atoms with Gasteiger partial charge in [0.05, 0.1) is 0 Å². The Balaban J connectivity index is 1.23. The van der Waals surface area contributed by atoms with Crippen molar-refractivity contribution in [2.24, 2.45) is 0 Å². The summed E-state index contributed by atoms with van der Waals surface area (Å²) in [5, 5.41) is 3.67. The van der Waals surface area contributed by atoms with Gasteiger partial charge in [-0.25, -0.2) is 14.8 Å². The largest absolute Gasteiger partial charge is 0.344 e. The van der Waals surface area contributed by atoms with E-state index in [9.17, 15) is 14.4 Å². The van der Waals surface area contributed by atoms with Gasteiger partial charge in [-0.15, -0.1) is 0 Å². The van der Waals surface area contributed by atoms with Gasteiger partial charge in [0.2, 0.25) is 11.9 Å². The third kappa shape index (κ3) is 4.16. The van der Waals surface area contributed by atoms with E-state index in [1.807, 2.05) is 0 Å². The number of nitrogens with zero attached hydrogens (tertiary/aromatic N) is 5. The average Bonchev–Trinajstić information content (AvgIpc) is 2.97. The first-order valence-electron chi connectivity index (χ1n) is 10.3. The van der Waals surface area contributed by atoms with E-state index < -0.39 is 11.6 Å². The maximum absolute atomic E-state index is 12.7. The molecular formula is C19H27N7O3. The van der Waals surface area contributed by atoms with Gasteiger partial charge >= 0.3 is 6.03 Å². The van der Waals surface area contributed by atoms with Gasteiger partial charge < -0.3 is 10.2 Å². The smallest absolute Gasteiger partial charge is 0.338 e. The molecule has 0 aromatic carbocycles. The number of nitrogens with one attached hydrogen (secondary N) is 2. The summed E-state index contributed by atoms with van der Waals surface area (Å²) in [7, 11) is 0. The highest BCUT2D eigenvalue weighted by atomic mass is 16.2. The molecule has 1 aromatic rings. The second-order valence-electron chi connectivity index (χ2n) is 7.88. The van der Waals surface area contributed by atoms with E-state index in [0.29, 0.717) is 19.4 Å². The Kier molecular flexibility index (Phi) is 5.61. The summed E-state index contributed by atoms with van der Waals surface area (Å²) in [4.78, 5) is 50.1. The molecule has 156 valence electrons.